The molecule has 2 heteroatoms. The molecule has 0 N–H and O–H groups in total. The van der Waals surface area contributed by atoms with E-state index in [1.807, 2.05) is 12.1 Å². The number of rotatable bonds is 2. The maximum absolute atomic E-state index is 4.87. The number of thiol groups is 2. The van der Waals surface area contributed by atoms with Crippen molar-refractivity contribution in [2.24, 2.45) is 0 Å². The lowest BCUT2D eigenvalue weighted by Gasteiger charge is -2.35. The van der Waals surface area contributed by atoms with Crippen molar-refractivity contribution >= 4 is 25.3 Å². The first kappa shape index (κ1) is 16.7. The molecule has 4 aromatic rings. The van der Waals surface area contributed by atoms with Gasteiger partial charge in [-0.1, -0.05) is 84.9 Å². The molecule has 1 aliphatic rings. The smallest absolute Gasteiger partial charge is 0.0734 e. The molecule has 1 aliphatic carbocycles. The quantitative estimate of drug-likeness (QED) is 0.315. The molecule has 0 aromatic heterocycles. The first-order valence-electron chi connectivity index (χ1n) is 9.01. The van der Waals surface area contributed by atoms with Crippen LogP contribution in [0.25, 0.3) is 11.1 Å². The van der Waals surface area contributed by atoms with Gasteiger partial charge in [0.25, 0.3) is 0 Å². The van der Waals surface area contributed by atoms with E-state index < -0.39 is 5.41 Å². The van der Waals surface area contributed by atoms with Gasteiger partial charge in [0, 0.05) is 9.79 Å². The molecule has 4 aromatic carbocycles. The normalized spacial score (nSPS) is 13.9. The molecule has 27 heavy (non-hydrogen) atoms. The van der Waals surface area contributed by atoms with E-state index >= 15 is 0 Å². The number of hydrogen-bond donors (Lipinski definition) is 2. The lowest BCUT2D eigenvalue weighted by atomic mass is 9.67. The topological polar surface area (TPSA) is 0 Å². The van der Waals surface area contributed by atoms with Crippen LogP contribution in [0.5, 0.6) is 0 Å². The molecule has 0 atom stereocenters. The highest BCUT2D eigenvalue weighted by atomic mass is 32.1. The third-order valence-corrected chi connectivity index (χ3v) is 6.35. The highest BCUT2D eigenvalue weighted by molar-refractivity contribution is 7.80. The predicted molar refractivity (Wildman–Crippen MR) is 118 cm³/mol. The molecular formula is C25H18S2. The summed E-state index contributed by atoms with van der Waals surface area (Å²) in [5.74, 6) is 0. The molecule has 0 aliphatic heterocycles. The van der Waals surface area contributed by atoms with Gasteiger partial charge in [0.05, 0.1) is 5.41 Å². The molecule has 0 spiro atoms. The zero-order valence-electron chi connectivity index (χ0n) is 14.6. The minimum absolute atomic E-state index is 0.427. The molecule has 0 nitrogen and oxygen atoms in total. The number of hydrogen-bond acceptors (Lipinski definition) is 2. The van der Waals surface area contributed by atoms with E-state index in [1.165, 1.54) is 33.4 Å². The van der Waals surface area contributed by atoms with Crippen molar-refractivity contribution in [2.45, 2.75) is 15.2 Å². The van der Waals surface area contributed by atoms with Gasteiger partial charge in [-0.25, -0.2) is 0 Å². The Morgan fingerprint density at radius 2 is 0.741 bits per heavy atom. The molecule has 130 valence electrons. The van der Waals surface area contributed by atoms with Crippen molar-refractivity contribution in [3.8, 4) is 11.1 Å². The molecule has 0 amide bonds. The van der Waals surface area contributed by atoms with Crippen LogP contribution >= 0.6 is 25.3 Å². The Kier molecular flexibility index (Phi) is 3.92. The second-order valence-electron chi connectivity index (χ2n) is 6.88. The monoisotopic (exact) mass is 382 g/mol. The van der Waals surface area contributed by atoms with Gasteiger partial charge in [-0.3, -0.25) is 0 Å². The van der Waals surface area contributed by atoms with Crippen molar-refractivity contribution in [3.63, 3.8) is 0 Å². The zero-order valence-corrected chi connectivity index (χ0v) is 16.4. The third-order valence-electron chi connectivity index (χ3n) is 5.57. The second-order valence-corrected chi connectivity index (χ2v) is 7.84. The molecule has 0 saturated heterocycles. The fourth-order valence-electron chi connectivity index (χ4n) is 4.54. The van der Waals surface area contributed by atoms with Gasteiger partial charge < -0.3 is 0 Å². The largest absolute Gasteiger partial charge is 0.143 e. The number of benzene rings is 4. The Balaban J connectivity index is 2.03. The third kappa shape index (κ3) is 2.27. The molecule has 0 radical (unpaired) electrons. The highest BCUT2D eigenvalue weighted by Gasteiger charge is 2.47. The Bertz CT molecular complexity index is 1070. The molecule has 0 bridgehead atoms. The SMILES string of the molecule is Sc1ccccc1C1(c2ccccc2S)c2ccccc2-c2ccccc21. The van der Waals surface area contributed by atoms with Crippen molar-refractivity contribution in [1.82, 2.24) is 0 Å². The van der Waals surface area contributed by atoms with Crippen LogP contribution in [0, 0.1) is 0 Å². The van der Waals surface area contributed by atoms with E-state index in [0.29, 0.717) is 0 Å². The summed E-state index contributed by atoms with van der Waals surface area (Å²) in [6.07, 6.45) is 0. The van der Waals surface area contributed by atoms with Gasteiger partial charge in [0.15, 0.2) is 0 Å². The van der Waals surface area contributed by atoms with E-state index in [9.17, 15) is 0 Å². The standard InChI is InChI=1S/C25H18S2/c26-23-15-7-5-13-21(23)25(22-14-6-8-16-24(22)27)19-11-3-1-9-17(19)18-10-2-4-12-20(18)25/h1-16,26-27H. The minimum atomic E-state index is -0.427. The first-order chi connectivity index (χ1) is 13.2. The lowest BCUT2D eigenvalue weighted by molar-refractivity contribution is 0.733. The van der Waals surface area contributed by atoms with Crippen LogP contribution < -0.4 is 0 Å². The minimum Gasteiger partial charge on any atom is -0.143 e. The summed E-state index contributed by atoms with van der Waals surface area (Å²) < 4.78 is 0. The van der Waals surface area contributed by atoms with E-state index in [-0.39, 0.29) is 0 Å². The maximum atomic E-state index is 4.87. The van der Waals surface area contributed by atoms with Crippen LogP contribution in [0.2, 0.25) is 0 Å². The van der Waals surface area contributed by atoms with Gasteiger partial charge in [0.2, 0.25) is 0 Å². The van der Waals surface area contributed by atoms with Gasteiger partial charge in [0.1, 0.15) is 0 Å². The summed E-state index contributed by atoms with van der Waals surface area (Å²) in [6, 6.07) is 34.2. The van der Waals surface area contributed by atoms with Crippen LogP contribution in [0.1, 0.15) is 22.3 Å². The van der Waals surface area contributed by atoms with Crippen molar-refractivity contribution < 1.29 is 0 Å². The summed E-state index contributed by atoms with van der Waals surface area (Å²) in [5.41, 5.74) is 7.08. The average Bonchev–Trinajstić information content (AvgIpc) is 3.00. The van der Waals surface area contributed by atoms with Crippen LogP contribution in [0.15, 0.2) is 107 Å². The van der Waals surface area contributed by atoms with Gasteiger partial charge >= 0.3 is 0 Å². The van der Waals surface area contributed by atoms with Crippen molar-refractivity contribution in [3.05, 3.63) is 119 Å². The van der Waals surface area contributed by atoms with E-state index in [1.54, 1.807) is 0 Å². The average molecular weight is 383 g/mol. The molecule has 0 unspecified atom stereocenters. The summed E-state index contributed by atoms with van der Waals surface area (Å²) in [4.78, 5) is 1.97. The molecule has 0 fully saturated rings. The highest BCUT2D eigenvalue weighted by Crippen LogP contribution is 2.57. The van der Waals surface area contributed by atoms with Crippen LogP contribution in [-0.2, 0) is 5.41 Å². The van der Waals surface area contributed by atoms with Crippen molar-refractivity contribution in [2.75, 3.05) is 0 Å². The Morgan fingerprint density at radius 1 is 0.407 bits per heavy atom. The summed E-state index contributed by atoms with van der Waals surface area (Å²) >= 11 is 9.74. The summed E-state index contributed by atoms with van der Waals surface area (Å²) in [7, 11) is 0. The molecular weight excluding hydrogens is 364 g/mol. The van der Waals surface area contributed by atoms with Crippen molar-refractivity contribution in [1.29, 1.82) is 0 Å². The first-order valence-corrected chi connectivity index (χ1v) is 9.90. The Hall–Kier alpha value is -2.42. The van der Waals surface area contributed by atoms with E-state index in [2.05, 4.69) is 84.9 Å². The Morgan fingerprint density at radius 3 is 1.15 bits per heavy atom. The maximum Gasteiger partial charge on any atom is 0.0734 e. The van der Waals surface area contributed by atoms with Crippen LogP contribution in [0.3, 0.4) is 0 Å². The predicted octanol–water partition coefficient (Wildman–Crippen LogP) is 6.63. The fourth-order valence-corrected chi connectivity index (χ4v) is 5.20. The number of fused-ring (bicyclic) bond motifs is 3. The molecule has 0 heterocycles. The summed E-state index contributed by atoms with van der Waals surface area (Å²) in [5, 5.41) is 0. The Labute approximate surface area is 170 Å². The second kappa shape index (κ2) is 6.33. The lowest BCUT2D eigenvalue weighted by Crippen LogP contribution is -2.29. The van der Waals surface area contributed by atoms with E-state index in [0.717, 1.165) is 9.79 Å². The van der Waals surface area contributed by atoms with Crippen LogP contribution in [-0.4, -0.2) is 0 Å². The fraction of sp³-hybridized carbons (Fsp3) is 0.0400. The molecule has 5 rings (SSSR count). The molecule has 0 saturated carbocycles. The summed E-state index contributed by atoms with van der Waals surface area (Å²) in [6.45, 7) is 0. The van der Waals surface area contributed by atoms with E-state index in [4.69, 9.17) is 25.3 Å². The van der Waals surface area contributed by atoms with Gasteiger partial charge in [-0.2, -0.15) is 0 Å². The van der Waals surface area contributed by atoms with Gasteiger partial charge in [-0.05, 0) is 45.5 Å². The zero-order chi connectivity index (χ0) is 18.4. The van der Waals surface area contributed by atoms with Crippen LogP contribution in [0.4, 0.5) is 0 Å². The van der Waals surface area contributed by atoms with Gasteiger partial charge in [-0.15, -0.1) is 25.3 Å².